The Labute approximate surface area is 70.4 Å². The quantitative estimate of drug-likeness (QED) is 0.500. The van der Waals surface area contributed by atoms with Gasteiger partial charge in [-0.3, -0.25) is 0 Å². The van der Waals surface area contributed by atoms with Crippen molar-refractivity contribution in [3.63, 3.8) is 0 Å². The summed E-state index contributed by atoms with van der Waals surface area (Å²) >= 11 is 0. The minimum Gasteiger partial charge on any atom is -0.102 e. The Bertz CT molecular complexity index is 190. The van der Waals surface area contributed by atoms with Gasteiger partial charge in [0.25, 0.3) is 0 Å². The molecule has 0 spiro atoms. The zero-order valence-electron chi connectivity index (χ0n) is 7.41. The number of hydrogen-bond donors (Lipinski definition) is 0. The van der Waals surface area contributed by atoms with Crippen LogP contribution in [0.1, 0.15) is 33.1 Å². The Balaban J connectivity index is 3.44. The zero-order valence-corrected chi connectivity index (χ0v) is 7.41. The van der Waals surface area contributed by atoms with Crippen LogP contribution in [0, 0.1) is 36.5 Å². The van der Waals surface area contributed by atoms with Gasteiger partial charge < -0.3 is 0 Å². The Morgan fingerprint density at radius 3 is 2.55 bits per heavy atom. The topological polar surface area (TPSA) is 0 Å². The predicted molar refractivity (Wildman–Crippen MR) is 49.6 cm³/mol. The SMILES string of the molecule is [CH2]C(C)C#CCC#CCCC. The maximum atomic E-state index is 3.75. The van der Waals surface area contributed by atoms with Crippen LogP contribution in [0.4, 0.5) is 0 Å². The standard InChI is InChI=1S/C11H15/c1-4-5-6-7-8-9-10-11(2)3/h11H,2,4-5,8H2,1,3H3. The van der Waals surface area contributed by atoms with Crippen molar-refractivity contribution in [2.45, 2.75) is 33.1 Å². The molecule has 11 heavy (non-hydrogen) atoms. The summed E-state index contributed by atoms with van der Waals surface area (Å²) < 4.78 is 0. The van der Waals surface area contributed by atoms with Crippen molar-refractivity contribution in [1.29, 1.82) is 0 Å². The first-order valence-corrected chi connectivity index (χ1v) is 4.04. The average molecular weight is 147 g/mol. The third-order valence-electron chi connectivity index (χ3n) is 1.03. The second kappa shape index (κ2) is 7.23. The molecule has 0 aliphatic rings. The van der Waals surface area contributed by atoms with Crippen LogP contribution in [0.3, 0.4) is 0 Å². The van der Waals surface area contributed by atoms with E-state index in [1.165, 1.54) is 0 Å². The Kier molecular flexibility index (Phi) is 6.65. The molecule has 0 rings (SSSR count). The molecule has 0 saturated heterocycles. The van der Waals surface area contributed by atoms with Crippen LogP contribution < -0.4 is 0 Å². The maximum Gasteiger partial charge on any atom is 0.0702 e. The summed E-state index contributed by atoms with van der Waals surface area (Å²) in [6.45, 7) is 7.85. The molecule has 0 fully saturated rings. The third-order valence-corrected chi connectivity index (χ3v) is 1.03. The van der Waals surface area contributed by atoms with Gasteiger partial charge in [0.1, 0.15) is 0 Å². The van der Waals surface area contributed by atoms with Gasteiger partial charge >= 0.3 is 0 Å². The maximum absolute atomic E-state index is 3.75. The van der Waals surface area contributed by atoms with Gasteiger partial charge in [-0.2, -0.15) is 0 Å². The summed E-state index contributed by atoms with van der Waals surface area (Å²) in [5.41, 5.74) is 0. The van der Waals surface area contributed by atoms with E-state index in [0.717, 1.165) is 12.8 Å². The fourth-order valence-corrected chi connectivity index (χ4v) is 0.545. The van der Waals surface area contributed by atoms with Crippen LogP contribution in [0.2, 0.25) is 0 Å². The molecule has 0 heterocycles. The van der Waals surface area contributed by atoms with Gasteiger partial charge in [-0.15, -0.1) is 5.92 Å². The van der Waals surface area contributed by atoms with Crippen LogP contribution in [0.15, 0.2) is 0 Å². The summed E-state index contributed by atoms with van der Waals surface area (Å²) in [6, 6.07) is 0. The van der Waals surface area contributed by atoms with Crippen molar-refractivity contribution in [3.05, 3.63) is 6.92 Å². The fraction of sp³-hybridized carbons (Fsp3) is 0.545. The van der Waals surface area contributed by atoms with Gasteiger partial charge in [-0.25, -0.2) is 0 Å². The minimum absolute atomic E-state index is 0.225. The van der Waals surface area contributed by atoms with E-state index in [1.54, 1.807) is 0 Å². The molecule has 0 aliphatic heterocycles. The van der Waals surface area contributed by atoms with Crippen LogP contribution in [-0.2, 0) is 0 Å². The molecule has 0 saturated carbocycles. The minimum atomic E-state index is 0.225. The van der Waals surface area contributed by atoms with E-state index in [2.05, 4.69) is 37.5 Å². The average Bonchev–Trinajstić information content (AvgIpc) is 1.96. The van der Waals surface area contributed by atoms with Crippen molar-refractivity contribution in [3.8, 4) is 23.7 Å². The van der Waals surface area contributed by atoms with Crippen molar-refractivity contribution >= 4 is 0 Å². The summed E-state index contributed by atoms with van der Waals surface area (Å²) in [4.78, 5) is 0. The van der Waals surface area contributed by atoms with E-state index in [1.807, 2.05) is 6.92 Å². The van der Waals surface area contributed by atoms with Crippen LogP contribution in [0.25, 0.3) is 0 Å². The predicted octanol–water partition coefficient (Wildman–Crippen LogP) is 2.65. The molecule has 0 aromatic rings. The highest BCUT2D eigenvalue weighted by Gasteiger charge is 1.78. The number of rotatable bonds is 1. The molecule has 0 heteroatoms. The lowest BCUT2D eigenvalue weighted by Crippen LogP contribution is -1.77. The van der Waals surface area contributed by atoms with Crippen molar-refractivity contribution in [2.75, 3.05) is 0 Å². The summed E-state index contributed by atoms with van der Waals surface area (Å²) in [6.07, 6.45) is 2.81. The van der Waals surface area contributed by atoms with Gasteiger partial charge in [-0.05, 0) is 13.3 Å². The van der Waals surface area contributed by atoms with Gasteiger partial charge in [-0.1, -0.05) is 31.6 Å². The molecule has 0 N–H and O–H groups in total. The highest BCUT2D eigenvalue weighted by molar-refractivity contribution is 5.12. The molecule has 1 unspecified atom stereocenters. The van der Waals surface area contributed by atoms with E-state index < -0.39 is 0 Å². The molecule has 1 atom stereocenters. The number of unbranched alkanes of at least 4 members (excludes halogenated alkanes) is 1. The van der Waals surface area contributed by atoms with E-state index in [0.29, 0.717) is 6.42 Å². The molecule has 0 bridgehead atoms. The molecular weight excluding hydrogens is 132 g/mol. The third kappa shape index (κ3) is 9.12. The van der Waals surface area contributed by atoms with Crippen molar-refractivity contribution < 1.29 is 0 Å². The van der Waals surface area contributed by atoms with Gasteiger partial charge in [0, 0.05) is 12.3 Å². The normalized spacial score (nSPS) is 8.00. The zero-order chi connectivity index (χ0) is 8.53. The molecule has 1 radical (unpaired) electrons. The second-order valence-electron chi connectivity index (χ2n) is 2.50. The van der Waals surface area contributed by atoms with Crippen molar-refractivity contribution in [1.82, 2.24) is 0 Å². The summed E-state index contributed by atoms with van der Waals surface area (Å²) in [5, 5.41) is 0. The first kappa shape index (κ1) is 10.1. The highest BCUT2D eigenvalue weighted by Crippen LogP contribution is 1.86. The van der Waals surface area contributed by atoms with Gasteiger partial charge in [0.05, 0.1) is 6.42 Å². The molecule has 0 nitrogen and oxygen atoms in total. The molecule has 0 aromatic heterocycles. The monoisotopic (exact) mass is 147 g/mol. The second-order valence-corrected chi connectivity index (χ2v) is 2.50. The molecule has 0 amide bonds. The van der Waals surface area contributed by atoms with E-state index in [-0.39, 0.29) is 5.92 Å². The first-order chi connectivity index (χ1) is 5.27. The van der Waals surface area contributed by atoms with E-state index in [9.17, 15) is 0 Å². The van der Waals surface area contributed by atoms with Gasteiger partial charge in [0.15, 0.2) is 0 Å². The van der Waals surface area contributed by atoms with Crippen LogP contribution >= 0.6 is 0 Å². The summed E-state index contributed by atoms with van der Waals surface area (Å²) in [7, 11) is 0. The first-order valence-electron chi connectivity index (χ1n) is 4.04. The smallest absolute Gasteiger partial charge is 0.0702 e. The molecule has 0 aromatic carbocycles. The molecule has 0 aliphatic carbocycles. The largest absolute Gasteiger partial charge is 0.102 e. The lowest BCUT2D eigenvalue weighted by Gasteiger charge is -1.84. The highest BCUT2D eigenvalue weighted by atomic mass is 13.8. The van der Waals surface area contributed by atoms with Crippen LogP contribution in [0.5, 0.6) is 0 Å². The fourth-order valence-electron chi connectivity index (χ4n) is 0.545. The number of hydrogen-bond acceptors (Lipinski definition) is 0. The summed E-state index contributed by atoms with van der Waals surface area (Å²) in [5.74, 6) is 12.2. The van der Waals surface area contributed by atoms with Crippen LogP contribution in [-0.4, -0.2) is 0 Å². The van der Waals surface area contributed by atoms with E-state index in [4.69, 9.17) is 0 Å². The lowest BCUT2D eigenvalue weighted by atomic mass is 10.2. The van der Waals surface area contributed by atoms with Crippen molar-refractivity contribution in [2.24, 2.45) is 5.92 Å². The Morgan fingerprint density at radius 1 is 1.27 bits per heavy atom. The Morgan fingerprint density at radius 2 is 2.00 bits per heavy atom. The molecule has 59 valence electrons. The Hall–Kier alpha value is -0.880. The molecular formula is C11H15. The van der Waals surface area contributed by atoms with Gasteiger partial charge in [0.2, 0.25) is 0 Å². The van der Waals surface area contributed by atoms with E-state index >= 15 is 0 Å². The lowest BCUT2D eigenvalue weighted by molar-refractivity contribution is 0.974.